The highest BCUT2D eigenvalue weighted by Gasteiger charge is 2.36. The van der Waals surface area contributed by atoms with E-state index in [-0.39, 0.29) is 22.3 Å². The zero-order valence-electron chi connectivity index (χ0n) is 26.2. The van der Waals surface area contributed by atoms with E-state index in [0.29, 0.717) is 12.8 Å². The SMILES string of the molecule is Cc1ccc(-c2c(CCNS(=O)(=O)c3ccc(S(C)(=O)=O)cc3)c(C)nc(CC(C)C)c2C(OC(N)=O)C(C)(C)C)cc1. The fourth-order valence-electron chi connectivity index (χ4n) is 5.04. The number of nitrogens with one attached hydrogen (secondary N) is 1. The summed E-state index contributed by atoms with van der Waals surface area (Å²) >= 11 is 0. The molecule has 3 N–H and O–H groups in total. The van der Waals surface area contributed by atoms with Crippen LogP contribution >= 0.6 is 0 Å². The lowest BCUT2D eigenvalue weighted by Gasteiger charge is -2.34. The molecule has 0 saturated carbocycles. The molecule has 0 spiro atoms. The molecule has 234 valence electrons. The highest BCUT2D eigenvalue weighted by Crippen LogP contribution is 2.44. The van der Waals surface area contributed by atoms with E-state index in [9.17, 15) is 21.6 Å². The summed E-state index contributed by atoms with van der Waals surface area (Å²) < 4.78 is 58.3. The second kappa shape index (κ2) is 13.2. The van der Waals surface area contributed by atoms with Crippen LogP contribution in [0.25, 0.3) is 11.1 Å². The predicted molar refractivity (Wildman–Crippen MR) is 169 cm³/mol. The largest absolute Gasteiger partial charge is 0.441 e. The Hall–Kier alpha value is -3.28. The van der Waals surface area contributed by atoms with Crippen LogP contribution in [0.3, 0.4) is 0 Å². The molecule has 0 fully saturated rings. The molecule has 0 aliphatic rings. The van der Waals surface area contributed by atoms with Crippen LogP contribution in [0.1, 0.15) is 68.8 Å². The number of sulfonamides is 1. The summed E-state index contributed by atoms with van der Waals surface area (Å²) in [7, 11) is -7.39. The molecule has 11 heteroatoms. The molecule has 9 nitrogen and oxygen atoms in total. The van der Waals surface area contributed by atoms with E-state index in [1.165, 1.54) is 24.3 Å². The van der Waals surface area contributed by atoms with Crippen LogP contribution in [0.2, 0.25) is 0 Å². The number of benzene rings is 2. The van der Waals surface area contributed by atoms with Crippen molar-refractivity contribution in [3.63, 3.8) is 0 Å². The summed E-state index contributed by atoms with van der Waals surface area (Å²) in [6.45, 7) is 14.1. The van der Waals surface area contributed by atoms with Crippen molar-refractivity contribution in [3.8, 4) is 11.1 Å². The van der Waals surface area contributed by atoms with Crippen molar-refractivity contribution in [3.05, 3.63) is 76.6 Å². The van der Waals surface area contributed by atoms with Crippen molar-refractivity contribution >= 4 is 26.0 Å². The van der Waals surface area contributed by atoms with Crippen LogP contribution in [-0.4, -0.2) is 40.7 Å². The molecule has 0 aliphatic heterocycles. The number of carbonyl (C=O) groups is 1. The van der Waals surface area contributed by atoms with E-state index < -0.39 is 37.5 Å². The third-order valence-electron chi connectivity index (χ3n) is 7.08. The number of hydrogen-bond acceptors (Lipinski definition) is 7. The molecule has 2 aromatic carbocycles. The molecule has 1 aromatic heterocycles. The van der Waals surface area contributed by atoms with Gasteiger partial charge in [0.2, 0.25) is 10.0 Å². The number of primary amides is 1. The lowest BCUT2D eigenvalue weighted by Crippen LogP contribution is -2.30. The maximum absolute atomic E-state index is 13.1. The van der Waals surface area contributed by atoms with Gasteiger partial charge < -0.3 is 10.5 Å². The van der Waals surface area contributed by atoms with Gasteiger partial charge in [-0.3, -0.25) is 4.98 Å². The molecule has 43 heavy (non-hydrogen) atoms. The smallest absolute Gasteiger partial charge is 0.405 e. The van der Waals surface area contributed by atoms with Gasteiger partial charge in [0.15, 0.2) is 9.84 Å². The molecule has 0 bridgehead atoms. The third kappa shape index (κ3) is 8.64. The second-order valence-corrected chi connectivity index (χ2v) is 16.2. The van der Waals surface area contributed by atoms with Crippen LogP contribution in [0.15, 0.2) is 58.3 Å². The minimum atomic E-state index is -3.93. The van der Waals surface area contributed by atoms with Crippen molar-refractivity contribution < 1.29 is 26.4 Å². The average Bonchev–Trinajstić information content (AvgIpc) is 2.87. The van der Waals surface area contributed by atoms with Crippen LogP contribution in [0, 0.1) is 25.2 Å². The number of amides is 1. The lowest BCUT2D eigenvalue weighted by molar-refractivity contribution is 0.0354. The first-order valence-electron chi connectivity index (χ1n) is 14.2. The quantitative estimate of drug-likeness (QED) is 0.278. The number of carbonyl (C=O) groups excluding carboxylic acids is 1. The van der Waals surface area contributed by atoms with E-state index in [4.69, 9.17) is 15.5 Å². The monoisotopic (exact) mass is 629 g/mol. The molecule has 0 radical (unpaired) electrons. The number of aromatic nitrogens is 1. The summed E-state index contributed by atoms with van der Waals surface area (Å²) in [6, 6.07) is 13.1. The Morgan fingerprint density at radius 1 is 0.953 bits per heavy atom. The fraction of sp³-hybridized carbons (Fsp3) is 0.438. The molecule has 3 rings (SSSR count). The number of nitrogens with zero attached hydrogens (tertiary/aromatic N) is 1. The Morgan fingerprint density at radius 3 is 2.00 bits per heavy atom. The van der Waals surface area contributed by atoms with E-state index in [1.807, 2.05) is 58.9 Å². The Labute approximate surface area is 256 Å². The Kier molecular flexibility index (Phi) is 10.5. The molecular formula is C32H43N3O6S2. The average molecular weight is 630 g/mol. The fourth-order valence-corrected chi connectivity index (χ4v) is 6.71. The van der Waals surface area contributed by atoms with E-state index in [2.05, 4.69) is 18.6 Å². The molecule has 1 atom stereocenters. The minimum Gasteiger partial charge on any atom is -0.441 e. The molecule has 1 heterocycles. The number of nitrogens with two attached hydrogens (primary N) is 1. The molecule has 1 amide bonds. The van der Waals surface area contributed by atoms with Crippen LogP contribution in [-0.2, 0) is 37.4 Å². The van der Waals surface area contributed by atoms with Crippen LogP contribution < -0.4 is 10.5 Å². The molecule has 1 unspecified atom stereocenters. The van der Waals surface area contributed by atoms with Crippen LogP contribution in [0.5, 0.6) is 0 Å². The van der Waals surface area contributed by atoms with E-state index in [1.54, 1.807) is 0 Å². The first kappa shape index (κ1) is 34.2. The van der Waals surface area contributed by atoms with E-state index >= 15 is 0 Å². The standard InChI is InChI=1S/C32H43N3O6S2/c1-20(2)19-27-29(30(32(5,6)7)41-31(33)36)28(23-11-9-21(3)10-12-23)26(22(4)35-27)17-18-34-43(39,40)25-15-13-24(14-16-25)42(8,37)38/h9-16,20,30,34H,17-19H2,1-8H3,(H2,33,36). The van der Waals surface area contributed by atoms with Crippen LogP contribution in [0.4, 0.5) is 4.79 Å². The van der Waals surface area contributed by atoms with Gasteiger partial charge in [-0.15, -0.1) is 0 Å². The predicted octanol–water partition coefficient (Wildman–Crippen LogP) is 5.67. The summed E-state index contributed by atoms with van der Waals surface area (Å²) in [6.07, 6.45) is 0.399. The third-order valence-corrected chi connectivity index (χ3v) is 9.68. The minimum absolute atomic E-state index is 0.0378. The van der Waals surface area contributed by atoms with Gasteiger partial charge in [-0.1, -0.05) is 64.4 Å². The van der Waals surface area contributed by atoms with Gasteiger partial charge >= 0.3 is 6.09 Å². The Bertz CT molecular complexity index is 1670. The van der Waals surface area contributed by atoms with Crippen molar-refractivity contribution in [2.45, 2.75) is 77.2 Å². The number of hydrogen-bond donors (Lipinski definition) is 2. The molecule has 0 aliphatic carbocycles. The maximum Gasteiger partial charge on any atom is 0.405 e. The second-order valence-electron chi connectivity index (χ2n) is 12.4. The number of pyridine rings is 1. The van der Waals surface area contributed by atoms with Crippen molar-refractivity contribution in [2.24, 2.45) is 17.1 Å². The van der Waals surface area contributed by atoms with Gasteiger partial charge in [-0.2, -0.15) is 0 Å². The number of sulfone groups is 1. The van der Waals surface area contributed by atoms with Gasteiger partial charge in [0, 0.05) is 35.2 Å². The molecular weight excluding hydrogens is 587 g/mol. The van der Waals surface area contributed by atoms with E-state index in [0.717, 1.165) is 45.5 Å². The number of ether oxygens (including phenoxy) is 1. The Balaban J connectivity index is 2.16. The molecule has 3 aromatic rings. The summed E-state index contributed by atoms with van der Waals surface area (Å²) in [5, 5.41) is 0. The zero-order valence-corrected chi connectivity index (χ0v) is 27.8. The van der Waals surface area contributed by atoms with Gasteiger partial charge in [0.1, 0.15) is 6.10 Å². The topological polar surface area (TPSA) is 146 Å². The van der Waals surface area contributed by atoms with Crippen molar-refractivity contribution in [1.82, 2.24) is 9.71 Å². The lowest BCUT2D eigenvalue weighted by atomic mass is 9.78. The number of rotatable bonds is 11. The summed E-state index contributed by atoms with van der Waals surface area (Å²) in [4.78, 5) is 17.2. The summed E-state index contributed by atoms with van der Waals surface area (Å²) in [5.41, 5.74) is 11.0. The molecule has 0 saturated heterocycles. The maximum atomic E-state index is 13.1. The number of aryl methyl sites for hydroxylation is 2. The van der Waals surface area contributed by atoms with Gasteiger partial charge in [0.05, 0.1) is 9.79 Å². The van der Waals surface area contributed by atoms with Gasteiger partial charge in [-0.25, -0.2) is 26.4 Å². The first-order valence-corrected chi connectivity index (χ1v) is 17.5. The Morgan fingerprint density at radius 2 is 1.51 bits per heavy atom. The van der Waals surface area contributed by atoms with Crippen molar-refractivity contribution in [1.29, 1.82) is 0 Å². The first-order chi connectivity index (χ1) is 19.8. The zero-order chi connectivity index (χ0) is 32.3. The van der Waals surface area contributed by atoms with Crippen molar-refractivity contribution in [2.75, 3.05) is 12.8 Å². The summed E-state index contributed by atoms with van der Waals surface area (Å²) in [5.74, 6) is 0.262. The van der Waals surface area contributed by atoms with Gasteiger partial charge in [0.25, 0.3) is 0 Å². The highest BCUT2D eigenvalue weighted by atomic mass is 32.2. The van der Waals surface area contributed by atoms with Gasteiger partial charge in [-0.05, 0) is 73.6 Å². The normalized spacial score (nSPS) is 13.2. The highest BCUT2D eigenvalue weighted by molar-refractivity contribution is 7.90.